The second kappa shape index (κ2) is 9.83. The maximum atomic E-state index is 12.7. The molecule has 0 bridgehead atoms. The monoisotopic (exact) mass is 444 g/mol. The average Bonchev–Trinajstić information content (AvgIpc) is 3.06. The highest BCUT2D eigenvalue weighted by Gasteiger charge is 2.17. The first-order valence-electron chi connectivity index (χ1n) is 10.4. The summed E-state index contributed by atoms with van der Waals surface area (Å²) in [6, 6.07) is 15.7. The van der Waals surface area contributed by atoms with Gasteiger partial charge in [-0.2, -0.15) is 5.26 Å². The quantitative estimate of drug-likeness (QED) is 0.231. The predicted molar refractivity (Wildman–Crippen MR) is 126 cm³/mol. The summed E-state index contributed by atoms with van der Waals surface area (Å²) in [5, 5.41) is 23.6. The van der Waals surface area contributed by atoms with Crippen LogP contribution in [0.5, 0.6) is 5.75 Å². The minimum absolute atomic E-state index is 0.0320. The van der Waals surface area contributed by atoms with E-state index in [0.29, 0.717) is 34.9 Å². The Morgan fingerprint density at radius 2 is 1.88 bits per heavy atom. The Kier molecular flexibility index (Phi) is 6.94. The summed E-state index contributed by atoms with van der Waals surface area (Å²) >= 11 is 0. The first-order valence-corrected chi connectivity index (χ1v) is 10.4. The number of anilines is 1. The molecule has 33 heavy (non-hydrogen) atoms. The van der Waals surface area contributed by atoms with Gasteiger partial charge in [0.15, 0.2) is 0 Å². The van der Waals surface area contributed by atoms with Crippen LogP contribution >= 0.6 is 0 Å². The average molecular weight is 444 g/mol. The van der Waals surface area contributed by atoms with E-state index < -0.39 is 10.8 Å². The molecule has 0 spiro atoms. The standard InChI is InChI=1S/C25H24N4O4/c1-5-33-23-10-7-21(8-11-23)27-25(30)20(15-26)13-19-12-17(3)28(18(19)4)22-9-6-16(2)24(14-22)29(31)32/h6-14H,5H2,1-4H3,(H,27,30)/b20-13-. The van der Waals surface area contributed by atoms with Crippen LogP contribution in [0, 0.1) is 42.2 Å². The molecule has 0 saturated heterocycles. The minimum Gasteiger partial charge on any atom is -0.494 e. The lowest BCUT2D eigenvalue weighted by Gasteiger charge is -2.10. The van der Waals surface area contributed by atoms with E-state index in [9.17, 15) is 20.2 Å². The maximum Gasteiger partial charge on any atom is 0.274 e. The number of aryl methyl sites for hydroxylation is 2. The molecule has 3 rings (SSSR count). The van der Waals surface area contributed by atoms with Crippen molar-refractivity contribution in [3.05, 3.63) is 86.7 Å². The molecule has 0 aliphatic carbocycles. The van der Waals surface area contributed by atoms with Gasteiger partial charge in [-0.25, -0.2) is 0 Å². The van der Waals surface area contributed by atoms with E-state index >= 15 is 0 Å². The summed E-state index contributed by atoms with van der Waals surface area (Å²) in [4.78, 5) is 23.6. The van der Waals surface area contributed by atoms with Crippen LogP contribution in [0.4, 0.5) is 11.4 Å². The summed E-state index contributed by atoms with van der Waals surface area (Å²) in [5.41, 5.74) is 3.98. The van der Waals surface area contributed by atoms with E-state index in [-0.39, 0.29) is 11.3 Å². The van der Waals surface area contributed by atoms with Crippen LogP contribution in [0.15, 0.2) is 54.1 Å². The topological polar surface area (TPSA) is 110 Å². The summed E-state index contributed by atoms with van der Waals surface area (Å²) < 4.78 is 7.25. The van der Waals surface area contributed by atoms with Gasteiger partial charge in [0.2, 0.25) is 0 Å². The fourth-order valence-corrected chi connectivity index (χ4v) is 3.57. The van der Waals surface area contributed by atoms with Gasteiger partial charge in [0, 0.05) is 28.7 Å². The van der Waals surface area contributed by atoms with Crippen molar-refractivity contribution in [1.82, 2.24) is 4.57 Å². The molecule has 0 aliphatic heterocycles. The Hall–Kier alpha value is -4.38. The third-order valence-corrected chi connectivity index (χ3v) is 5.21. The number of nitriles is 1. The number of carbonyl (C=O) groups excluding carboxylic acids is 1. The normalized spacial score (nSPS) is 11.1. The van der Waals surface area contributed by atoms with Crippen LogP contribution in [-0.4, -0.2) is 22.0 Å². The van der Waals surface area contributed by atoms with Gasteiger partial charge < -0.3 is 14.6 Å². The molecule has 1 aromatic heterocycles. The lowest BCUT2D eigenvalue weighted by molar-refractivity contribution is -0.385. The van der Waals surface area contributed by atoms with Crippen LogP contribution in [0.2, 0.25) is 0 Å². The number of amides is 1. The molecule has 1 heterocycles. The molecule has 2 aromatic carbocycles. The molecule has 1 N–H and O–H groups in total. The third kappa shape index (κ3) is 5.10. The van der Waals surface area contributed by atoms with E-state index in [1.54, 1.807) is 43.3 Å². The number of nitrogens with zero attached hydrogens (tertiary/aromatic N) is 3. The van der Waals surface area contributed by atoms with Crippen molar-refractivity contribution in [3.8, 4) is 17.5 Å². The van der Waals surface area contributed by atoms with Gasteiger partial charge in [-0.1, -0.05) is 6.07 Å². The maximum absolute atomic E-state index is 12.7. The van der Waals surface area contributed by atoms with Crippen LogP contribution < -0.4 is 10.1 Å². The summed E-state index contributed by atoms with van der Waals surface area (Å²) in [6.45, 7) is 7.82. The van der Waals surface area contributed by atoms with E-state index in [0.717, 1.165) is 11.4 Å². The summed E-state index contributed by atoms with van der Waals surface area (Å²) in [5.74, 6) is 0.160. The van der Waals surface area contributed by atoms with Crippen molar-refractivity contribution >= 4 is 23.4 Å². The van der Waals surface area contributed by atoms with Crippen LogP contribution in [0.1, 0.15) is 29.4 Å². The highest BCUT2D eigenvalue weighted by molar-refractivity contribution is 6.09. The van der Waals surface area contributed by atoms with Gasteiger partial charge in [-0.05, 0) is 75.7 Å². The minimum atomic E-state index is -0.530. The largest absolute Gasteiger partial charge is 0.494 e. The van der Waals surface area contributed by atoms with Crippen LogP contribution in [-0.2, 0) is 4.79 Å². The number of carbonyl (C=O) groups is 1. The highest BCUT2D eigenvalue weighted by atomic mass is 16.6. The van der Waals surface area contributed by atoms with Crippen molar-refractivity contribution in [2.45, 2.75) is 27.7 Å². The molecule has 0 atom stereocenters. The number of nitro groups is 1. The number of hydrogen-bond acceptors (Lipinski definition) is 5. The predicted octanol–water partition coefficient (Wildman–Crippen LogP) is 5.26. The summed E-state index contributed by atoms with van der Waals surface area (Å²) in [6.07, 6.45) is 1.52. The SMILES string of the molecule is CCOc1ccc(NC(=O)/C(C#N)=C\c2cc(C)n(-c3ccc(C)c([N+](=O)[O-])c3)c2C)cc1. The van der Waals surface area contributed by atoms with E-state index in [1.165, 1.54) is 12.1 Å². The molecule has 8 nitrogen and oxygen atoms in total. The van der Waals surface area contributed by atoms with E-state index in [4.69, 9.17) is 4.74 Å². The van der Waals surface area contributed by atoms with Crippen LogP contribution in [0.25, 0.3) is 11.8 Å². The van der Waals surface area contributed by atoms with Gasteiger partial charge in [-0.15, -0.1) is 0 Å². The first-order chi connectivity index (χ1) is 15.7. The zero-order valence-corrected chi connectivity index (χ0v) is 18.9. The second-order valence-corrected chi connectivity index (χ2v) is 7.47. The van der Waals surface area contributed by atoms with Crippen molar-refractivity contribution in [3.63, 3.8) is 0 Å². The smallest absolute Gasteiger partial charge is 0.274 e. The van der Waals surface area contributed by atoms with Crippen molar-refractivity contribution in [2.75, 3.05) is 11.9 Å². The Labute approximate surface area is 191 Å². The number of benzene rings is 2. The Bertz CT molecular complexity index is 1280. The highest BCUT2D eigenvalue weighted by Crippen LogP contribution is 2.27. The first kappa shape index (κ1) is 23.3. The molecule has 0 radical (unpaired) electrons. The molecule has 0 aliphatic rings. The fourth-order valence-electron chi connectivity index (χ4n) is 3.57. The molecule has 0 saturated carbocycles. The fraction of sp³-hybridized carbons (Fsp3) is 0.200. The zero-order valence-electron chi connectivity index (χ0n) is 18.9. The van der Waals surface area contributed by atoms with Crippen LogP contribution in [0.3, 0.4) is 0 Å². The molecule has 3 aromatic rings. The van der Waals surface area contributed by atoms with Crippen molar-refractivity contribution < 1.29 is 14.5 Å². The number of aromatic nitrogens is 1. The van der Waals surface area contributed by atoms with Crippen molar-refractivity contribution in [2.24, 2.45) is 0 Å². The van der Waals surface area contributed by atoms with Gasteiger partial charge in [0.1, 0.15) is 17.4 Å². The second-order valence-electron chi connectivity index (χ2n) is 7.47. The third-order valence-electron chi connectivity index (χ3n) is 5.21. The molecular weight excluding hydrogens is 420 g/mol. The van der Waals surface area contributed by atoms with Gasteiger partial charge in [0.25, 0.3) is 11.6 Å². The molecule has 8 heteroatoms. The molecule has 168 valence electrons. The Balaban J connectivity index is 1.91. The summed E-state index contributed by atoms with van der Waals surface area (Å²) in [7, 11) is 0. The number of nitrogens with one attached hydrogen (secondary N) is 1. The Morgan fingerprint density at radius 1 is 1.18 bits per heavy atom. The van der Waals surface area contributed by atoms with E-state index in [1.807, 2.05) is 37.5 Å². The lowest BCUT2D eigenvalue weighted by Crippen LogP contribution is -2.13. The van der Waals surface area contributed by atoms with Gasteiger partial charge in [-0.3, -0.25) is 14.9 Å². The molecule has 1 amide bonds. The lowest BCUT2D eigenvalue weighted by atomic mass is 10.1. The van der Waals surface area contributed by atoms with Crippen molar-refractivity contribution in [1.29, 1.82) is 5.26 Å². The van der Waals surface area contributed by atoms with Gasteiger partial charge in [0.05, 0.1) is 17.2 Å². The number of nitro benzene ring substituents is 1. The Morgan fingerprint density at radius 3 is 2.48 bits per heavy atom. The molecular formula is C25H24N4O4. The zero-order chi connectivity index (χ0) is 24.1. The van der Waals surface area contributed by atoms with Gasteiger partial charge >= 0.3 is 0 Å². The molecule has 0 fully saturated rings. The number of rotatable bonds is 7. The number of hydrogen-bond donors (Lipinski definition) is 1. The molecule has 0 unspecified atom stereocenters. The van der Waals surface area contributed by atoms with E-state index in [2.05, 4.69) is 5.32 Å². The number of ether oxygens (including phenoxy) is 1.